The van der Waals surface area contributed by atoms with Crippen molar-refractivity contribution in [2.24, 2.45) is 5.73 Å². The van der Waals surface area contributed by atoms with E-state index in [2.05, 4.69) is 49.9 Å². The topological polar surface area (TPSA) is 38.0 Å². The van der Waals surface area contributed by atoms with Crippen LogP contribution in [0.3, 0.4) is 0 Å². The number of hydrogen-bond donors (Lipinski definition) is 2. The quantitative estimate of drug-likeness (QED) is 0.556. The predicted octanol–water partition coefficient (Wildman–Crippen LogP) is 4.43. The minimum absolute atomic E-state index is 0.391. The fourth-order valence-electron chi connectivity index (χ4n) is 1.51. The number of benzene rings is 2. The van der Waals surface area contributed by atoms with E-state index >= 15 is 0 Å². The summed E-state index contributed by atoms with van der Waals surface area (Å²) in [6, 6.07) is 13.9. The minimum atomic E-state index is 0.391. The zero-order valence-corrected chi connectivity index (χ0v) is 13.8. The molecule has 0 aliphatic rings. The second-order valence-corrected chi connectivity index (χ2v) is 6.12. The van der Waals surface area contributed by atoms with Crippen LogP contribution in [-0.2, 0) is 0 Å². The molecule has 0 unspecified atom stereocenters. The lowest BCUT2D eigenvalue weighted by Crippen LogP contribution is -2.10. The average molecular weight is 433 g/mol. The van der Waals surface area contributed by atoms with Gasteiger partial charge in [-0.05, 0) is 68.9 Å². The highest BCUT2D eigenvalue weighted by Crippen LogP contribution is 2.26. The van der Waals surface area contributed by atoms with Gasteiger partial charge < -0.3 is 11.1 Å². The Balaban J connectivity index is 2.29. The summed E-state index contributed by atoms with van der Waals surface area (Å²) in [7, 11) is 0. The third-order valence-electron chi connectivity index (χ3n) is 2.39. The molecule has 0 saturated heterocycles. The van der Waals surface area contributed by atoms with Gasteiger partial charge in [-0.3, -0.25) is 0 Å². The zero-order valence-electron chi connectivity index (χ0n) is 9.28. The maximum atomic E-state index is 5.62. The van der Waals surface area contributed by atoms with E-state index in [1.165, 1.54) is 3.57 Å². The molecule has 92 valence electrons. The third kappa shape index (κ3) is 3.21. The van der Waals surface area contributed by atoms with E-state index in [1.807, 2.05) is 36.4 Å². The molecule has 2 aromatic carbocycles. The Morgan fingerprint density at radius 1 is 1.22 bits per heavy atom. The van der Waals surface area contributed by atoms with E-state index in [9.17, 15) is 0 Å². The summed E-state index contributed by atoms with van der Waals surface area (Å²) < 4.78 is 2.07. The number of nitrogens with two attached hydrogens (primary N) is 1. The number of hydrogen-bond acceptors (Lipinski definition) is 2. The second-order valence-electron chi connectivity index (χ2n) is 3.66. The van der Waals surface area contributed by atoms with Crippen LogP contribution in [0.4, 0.5) is 11.4 Å². The van der Waals surface area contributed by atoms with Crippen LogP contribution in [0.15, 0.2) is 46.9 Å². The van der Waals surface area contributed by atoms with Gasteiger partial charge in [0.1, 0.15) is 4.99 Å². The van der Waals surface area contributed by atoms with Gasteiger partial charge in [0.2, 0.25) is 0 Å². The molecule has 0 heterocycles. The van der Waals surface area contributed by atoms with Crippen molar-refractivity contribution in [1.82, 2.24) is 0 Å². The molecule has 5 heteroatoms. The fourth-order valence-corrected chi connectivity index (χ4v) is 2.93. The number of thiocarbonyl (C=S) groups is 1. The SMILES string of the molecule is NC(=S)c1ccc(Nc2ccccc2I)cc1Br. The summed E-state index contributed by atoms with van der Waals surface area (Å²) in [5.41, 5.74) is 8.54. The number of para-hydroxylation sites is 1. The van der Waals surface area contributed by atoms with Crippen LogP contribution in [0.5, 0.6) is 0 Å². The molecule has 0 spiro atoms. The summed E-state index contributed by atoms with van der Waals surface area (Å²) in [5.74, 6) is 0. The fraction of sp³-hybridized carbons (Fsp3) is 0. The van der Waals surface area contributed by atoms with Gasteiger partial charge in [0.25, 0.3) is 0 Å². The van der Waals surface area contributed by atoms with E-state index < -0.39 is 0 Å². The molecule has 0 aromatic heterocycles. The molecular weight excluding hydrogens is 423 g/mol. The number of halogens is 2. The highest BCUT2D eigenvalue weighted by molar-refractivity contribution is 14.1. The molecule has 0 atom stereocenters. The molecule has 0 radical (unpaired) electrons. The summed E-state index contributed by atoms with van der Waals surface area (Å²) >= 11 is 10.7. The van der Waals surface area contributed by atoms with Crippen LogP contribution < -0.4 is 11.1 Å². The first-order chi connectivity index (χ1) is 8.58. The Labute approximate surface area is 133 Å². The molecular formula is C13H10BrIN2S. The third-order valence-corrected chi connectivity index (χ3v) is 4.20. The molecule has 0 saturated carbocycles. The van der Waals surface area contributed by atoms with Gasteiger partial charge in [-0.15, -0.1) is 0 Å². The lowest BCUT2D eigenvalue weighted by molar-refractivity contribution is 1.49. The molecule has 0 bridgehead atoms. The maximum Gasteiger partial charge on any atom is 0.105 e. The summed E-state index contributed by atoms with van der Waals surface area (Å²) in [5, 5.41) is 3.36. The number of rotatable bonds is 3. The van der Waals surface area contributed by atoms with Crippen molar-refractivity contribution in [3.8, 4) is 0 Å². The Bertz CT molecular complexity index is 601. The number of nitrogens with one attached hydrogen (secondary N) is 1. The first-order valence-corrected chi connectivity index (χ1v) is 7.47. The molecule has 0 aliphatic heterocycles. The van der Waals surface area contributed by atoms with Crippen molar-refractivity contribution >= 4 is 67.1 Å². The molecule has 0 amide bonds. The van der Waals surface area contributed by atoms with Gasteiger partial charge in [-0.25, -0.2) is 0 Å². The molecule has 2 aromatic rings. The standard InChI is InChI=1S/C13H10BrIN2S/c14-10-7-8(5-6-9(10)13(16)18)17-12-4-2-1-3-11(12)15/h1-7,17H,(H2,16,18). The molecule has 0 fully saturated rings. The lowest BCUT2D eigenvalue weighted by Gasteiger charge is -2.10. The first kappa shape index (κ1) is 13.8. The minimum Gasteiger partial charge on any atom is -0.389 e. The Kier molecular flexibility index (Phi) is 4.58. The normalized spacial score (nSPS) is 10.1. The predicted molar refractivity (Wildman–Crippen MR) is 92.5 cm³/mol. The van der Waals surface area contributed by atoms with E-state index in [-0.39, 0.29) is 0 Å². The first-order valence-electron chi connectivity index (χ1n) is 5.19. The highest BCUT2D eigenvalue weighted by atomic mass is 127. The van der Waals surface area contributed by atoms with Crippen LogP contribution in [0, 0.1) is 3.57 Å². The van der Waals surface area contributed by atoms with Gasteiger partial charge in [0, 0.05) is 19.3 Å². The molecule has 2 rings (SSSR count). The van der Waals surface area contributed by atoms with E-state index in [4.69, 9.17) is 18.0 Å². The Hall–Kier alpha value is -0.660. The van der Waals surface area contributed by atoms with Crippen molar-refractivity contribution in [2.45, 2.75) is 0 Å². The van der Waals surface area contributed by atoms with Crippen LogP contribution in [-0.4, -0.2) is 4.99 Å². The average Bonchev–Trinajstić information content (AvgIpc) is 2.32. The highest BCUT2D eigenvalue weighted by Gasteiger charge is 2.05. The van der Waals surface area contributed by atoms with Crippen molar-refractivity contribution in [1.29, 1.82) is 0 Å². The van der Waals surface area contributed by atoms with Crippen LogP contribution >= 0.6 is 50.7 Å². The van der Waals surface area contributed by atoms with Crippen molar-refractivity contribution < 1.29 is 0 Å². The molecule has 0 aliphatic carbocycles. The number of anilines is 2. The monoisotopic (exact) mass is 432 g/mol. The molecule has 2 nitrogen and oxygen atoms in total. The van der Waals surface area contributed by atoms with Crippen molar-refractivity contribution in [3.05, 3.63) is 56.1 Å². The molecule has 3 N–H and O–H groups in total. The van der Waals surface area contributed by atoms with Crippen LogP contribution in [0.2, 0.25) is 0 Å². The van der Waals surface area contributed by atoms with Gasteiger partial charge in [-0.1, -0.05) is 24.4 Å². The lowest BCUT2D eigenvalue weighted by atomic mass is 10.2. The van der Waals surface area contributed by atoms with Crippen LogP contribution in [0.1, 0.15) is 5.56 Å². The zero-order chi connectivity index (χ0) is 13.1. The summed E-state index contributed by atoms with van der Waals surface area (Å²) in [6.07, 6.45) is 0. The Morgan fingerprint density at radius 2 is 1.94 bits per heavy atom. The summed E-state index contributed by atoms with van der Waals surface area (Å²) in [4.78, 5) is 0.391. The smallest absolute Gasteiger partial charge is 0.105 e. The van der Waals surface area contributed by atoms with Crippen LogP contribution in [0.25, 0.3) is 0 Å². The van der Waals surface area contributed by atoms with E-state index in [0.29, 0.717) is 4.99 Å². The Morgan fingerprint density at radius 3 is 2.56 bits per heavy atom. The van der Waals surface area contributed by atoms with Gasteiger partial charge >= 0.3 is 0 Å². The van der Waals surface area contributed by atoms with Gasteiger partial charge in [-0.2, -0.15) is 0 Å². The van der Waals surface area contributed by atoms with E-state index in [1.54, 1.807) is 0 Å². The largest absolute Gasteiger partial charge is 0.389 e. The van der Waals surface area contributed by atoms with Crippen molar-refractivity contribution in [2.75, 3.05) is 5.32 Å². The molecule has 18 heavy (non-hydrogen) atoms. The maximum absolute atomic E-state index is 5.62. The van der Waals surface area contributed by atoms with E-state index in [0.717, 1.165) is 21.4 Å². The van der Waals surface area contributed by atoms with Crippen molar-refractivity contribution in [3.63, 3.8) is 0 Å². The summed E-state index contributed by atoms with van der Waals surface area (Å²) in [6.45, 7) is 0. The second kappa shape index (κ2) is 5.99. The van der Waals surface area contributed by atoms with Gasteiger partial charge in [0.15, 0.2) is 0 Å². The van der Waals surface area contributed by atoms with Gasteiger partial charge in [0.05, 0.1) is 5.69 Å².